The van der Waals surface area contributed by atoms with Crippen molar-refractivity contribution in [1.29, 1.82) is 0 Å². The van der Waals surface area contributed by atoms with E-state index in [4.69, 9.17) is 5.73 Å². The van der Waals surface area contributed by atoms with Gasteiger partial charge in [-0.1, -0.05) is 13.8 Å². The number of pyridine rings is 1. The molecular formula is C16H18F3N3O2. The first-order valence-electron chi connectivity index (χ1n) is 7.60. The Balaban J connectivity index is 1.81. The highest BCUT2D eigenvalue weighted by Crippen LogP contribution is 2.62. The molecule has 2 heterocycles. The van der Waals surface area contributed by atoms with Gasteiger partial charge in [0.05, 0.1) is 11.0 Å². The molecule has 8 heteroatoms. The van der Waals surface area contributed by atoms with Gasteiger partial charge in [0.1, 0.15) is 5.69 Å². The van der Waals surface area contributed by atoms with Crippen LogP contribution in [0.4, 0.5) is 13.2 Å². The monoisotopic (exact) mass is 341 g/mol. The fraction of sp³-hybridized carbons (Fsp3) is 0.562. The standard InChI is InChI=1S/C16H18F3N3O2/c1-14(2)7-15(13(20)24)8-22(6-11(14)15)12(23)10-4-3-9(5-21-10)16(17,18)19/h3-5,11H,6-8H2,1-2H3,(H2,20,24)/t11-,15+/m1/s1. The Labute approximate surface area is 137 Å². The van der Waals surface area contributed by atoms with Gasteiger partial charge in [-0.05, 0) is 29.9 Å². The highest BCUT2D eigenvalue weighted by Gasteiger charge is 2.66. The van der Waals surface area contributed by atoms with E-state index in [0.29, 0.717) is 19.2 Å². The molecule has 130 valence electrons. The zero-order chi connectivity index (χ0) is 17.9. The number of nitrogens with zero attached hydrogens (tertiary/aromatic N) is 2. The van der Waals surface area contributed by atoms with Crippen LogP contribution in [0.15, 0.2) is 18.3 Å². The first kappa shape index (κ1) is 16.7. The number of likely N-dealkylation sites (tertiary alicyclic amines) is 1. The van der Waals surface area contributed by atoms with Crippen molar-refractivity contribution in [2.45, 2.75) is 26.4 Å². The van der Waals surface area contributed by atoms with Crippen molar-refractivity contribution in [1.82, 2.24) is 9.88 Å². The molecule has 1 saturated heterocycles. The van der Waals surface area contributed by atoms with Crippen molar-refractivity contribution in [3.05, 3.63) is 29.6 Å². The average Bonchev–Trinajstić information content (AvgIpc) is 2.82. The Hall–Kier alpha value is -2.12. The lowest BCUT2D eigenvalue weighted by Gasteiger charge is -2.54. The van der Waals surface area contributed by atoms with Crippen LogP contribution >= 0.6 is 0 Å². The van der Waals surface area contributed by atoms with E-state index in [1.54, 1.807) is 0 Å². The number of amides is 2. The van der Waals surface area contributed by atoms with E-state index >= 15 is 0 Å². The number of rotatable bonds is 2. The van der Waals surface area contributed by atoms with Crippen LogP contribution < -0.4 is 5.73 Å². The second kappa shape index (κ2) is 4.94. The van der Waals surface area contributed by atoms with Crippen LogP contribution in [0, 0.1) is 16.7 Å². The van der Waals surface area contributed by atoms with Gasteiger partial charge in [0.2, 0.25) is 5.91 Å². The molecular weight excluding hydrogens is 323 g/mol. The predicted molar refractivity (Wildman–Crippen MR) is 78.7 cm³/mol. The third-order valence-corrected chi connectivity index (χ3v) is 5.35. The Bertz CT molecular complexity index is 700. The van der Waals surface area contributed by atoms with Gasteiger partial charge in [0.15, 0.2) is 0 Å². The number of hydrogen-bond donors (Lipinski definition) is 1. The van der Waals surface area contributed by atoms with E-state index in [2.05, 4.69) is 4.98 Å². The lowest BCUT2D eigenvalue weighted by molar-refractivity contribution is -0.148. The van der Waals surface area contributed by atoms with Crippen LogP contribution in [0.2, 0.25) is 0 Å². The molecule has 0 radical (unpaired) electrons. The molecule has 0 aromatic carbocycles. The van der Waals surface area contributed by atoms with Gasteiger partial charge in [0, 0.05) is 19.3 Å². The highest BCUT2D eigenvalue weighted by molar-refractivity contribution is 5.94. The summed E-state index contributed by atoms with van der Waals surface area (Å²) in [6.07, 6.45) is -3.25. The molecule has 0 bridgehead atoms. The number of fused-ring (bicyclic) bond motifs is 1. The third kappa shape index (κ3) is 2.35. The maximum Gasteiger partial charge on any atom is 0.417 e. The number of nitrogens with two attached hydrogens (primary N) is 1. The van der Waals surface area contributed by atoms with Gasteiger partial charge >= 0.3 is 6.18 Å². The number of hydrogen-bond acceptors (Lipinski definition) is 3. The van der Waals surface area contributed by atoms with Crippen LogP contribution in [-0.4, -0.2) is 34.8 Å². The Kier molecular flexibility index (Phi) is 3.44. The van der Waals surface area contributed by atoms with E-state index < -0.39 is 29.0 Å². The Morgan fingerprint density at radius 1 is 1.33 bits per heavy atom. The lowest BCUT2D eigenvalue weighted by atomic mass is 9.48. The summed E-state index contributed by atoms with van der Waals surface area (Å²) in [4.78, 5) is 29.5. The average molecular weight is 341 g/mol. The molecule has 0 unspecified atom stereocenters. The number of carbonyl (C=O) groups is 2. The van der Waals surface area contributed by atoms with E-state index in [9.17, 15) is 22.8 Å². The van der Waals surface area contributed by atoms with Crippen molar-refractivity contribution in [2.24, 2.45) is 22.5 Å². The van der Waals surface area contributed by atoms with Crippen molar-refractivity contribution >= 4 is 11.8 Å². The van der Waals surface area contributed by atoms with Crippen LogP contribution in [0.5, 0.6) is 0 Å². The molecule has 2 fully saturated rings. The molecule has 1 aliphatic carbocycles. The smallest absolute Gasteiger partial charge is 0.369 e. The van der Waals surface area contributed by atoms with Crippen molar-refractivity contribution < 1.29 is 22.8 Å². The minimum atomic E-state index is -4.50. The van der Waals surface area contributed by atoms with Crippen molar-refractivity contribution in [3.8, 4) is 0 Å². The third-order valence-electron chi connectivity index (χ3n) is 5.35. The fourth-order valence-corrected chi connectivity index (χ4v) is 4.23. The predicted octanol–water partition coefficient (Wildman–Crippen LogP) is 2.07. The number of alkyl halides is 3. The van der Waals surface area contributed by atoms with E-state index in [0.717, 1.165) is 12.1 Å². The Morgan fingerprint density at radius 2 is 2.00 bits per heavy atom. The molecule has 3 rings (SSSR count). The number of carbonyl (C=O) groups excluding carboxylic acids is 2. The SMILES string of the molecule is CC1(C)C[C@]2(C(N)=O)CN(C(=O)c3ccc(C(F)(F)F)cn3)C[C@H]12. The molecule has 1 aliphatic heterocycles. The molecule has 2 atom stereocenters. The van der Waals surface area contributed by atoms with Gasteiger partial charge in [-0.3, -0.25) is 14.6 Å². The van der Waals surface area contributed by atoms with Gasteiger partial charge in [-0.2, -0.15) is 13.2 Å². The first-order valence-corrected chi connectivity index (χ1v) is 7.60. The zero-order valence-corrected chi connectivity index (χ0v) is 13.4. The summed E-state index contributed by atoms with van der Waals surface area (Å²) in [5.41, 5.74) is 3.74. The summed E-state index contributed by atoms with van der Waals surface area (Å²) < 4.78 is 37.7. The molecule has 1 aromatic heterocycles. The molecule has 5 nitrogen and oxygen atoms in total. The normalized spacial score (nSPS) is 28.2. The first-order chi connectivity index (χ1) is 11.0. The van der Waals surface area contributed by atoms with Gasteiger partial charge in [-0.25, -0.2) is 0 Å². The minimum Gasteiger partial charge on any atom is -0.369 e. The van der Waals surface area contributed by atoms with Crippen LogP contribution in [-0.2, 0) is 11.0 Å². The van der Waals surface area contributed by atoms with E-state index in [1.165, 1.54) is 4.90 Å². The van der Waals surface area contributed by atoms with Crippen LogP contribution in [0.3, 0.4) is 0 Å². The minimum absolute atomic E-state index is 0.0408. The summed E-state index contributed by atoms with van der Waals surface area (Å²) in [6.45, 7) is 4.59. The van der Waals surface area contributed by atoms with Crippen molar-refractivity contribution in [3.63, 3.8) is 0 Å². The van der Waals surface area contributed by atoms with Crippen LogP contribution in [0.1, 0.15) is 36.3 Å². The fourth-order valence-electron chi connectivity index (χ4n) is 4.23. The summed E-state index contributed by atoms with van der Waals surface area (Å²) in [5, 5.41) is 0. The zero-order valence-electron chi connectivity index (χ0n) is 13.4. The second-order valence-electron chi connectivity index (χ2n) is 7.35. The second-order valence-corrected chi connectivity index (χ2v) is 7.35. The number of primary amides is 1. The van der Waals surface area contributed by atoms with Crippen LogP contribution in [0.25, 0.3) is 0 Å². The lowest BCUT2D eigenvalue weighted by Crippen LogP contribution is -2.59. The summed E-state index contributed by atoms with van der Waals surface area (Å²) in [5.74, 6) is -0.946. The topological polar surface area (TPSA) is 76.3 Å². The largest absolute Gasteiger partial charge is 0.417 e. The van der Waals surface area contributed by atoms with Gasteiger partial charge in [0.25, 0.3) is 5.91 Å². The molecule has 1 aromatic rings. The van der Waals surface area contributed by atoms with Gasteiger partial charge in [-0.15, -0.1) is 0 Å². The summed E-state index contributed by atoms with van der Waals surface area (Å²) in [6, 6.07) is 1.90. The molecule has 2 N–H and O–H groups in total. The maximum absolute atomic E-state index is 12.6. The summed E-state index contributed by atoms with van der Waals surface area (Å²) >= 11 is 0. The molecule has 2 aliphatic rings. The maximum atomic E-state index is 12.6. The Morgan fingerprint density at radius 3 is 2.42 bits per heavy atom. The molecule has 2 amide bonds. The molecule has 0 spiro atoms. The number of aromatic nitrogens is 1. The van der Waals surface area contributed by atoms with Gasteiger partial charge < -0.3 is 10.6 Å². The van der Waals surface area contributed by atoms with E-state index in [1.807, 2.05) is 13.8 Å². The van der Waals surface area contributed by atoms with Crippen molar-refractivity contribution in [2.75, 3.05) is 13.1 Å². The summed E-state index contributed by atoms with van der Waals surface area (Å²) in [7, 11) is 0. The number of halogens is 3. The van der Waals surface area contributed by atoms with E-state index in [-0.39, 0.29) is 23.6 Å². The molecule has 24 heavy (non-hydrogen) atoms. The quantitative estimate of drug-likeness (QED) is 0.895. The highest BCUT2D eigenvalue weighted by atomic mass is 19.4. The molecule has 1 saturated carbocycles.